The average molecular weight is 393 g/mol. The number of benzene rings is 1. The molecule has 0 aromatic heterocycles. The standard InChI is InChI=1S/C17H17Cl4NO/c18-13-6-1-8(7-14(13)19)22-16(23)15-9-2-4-11-12(17(11,20)21)5-3-10(9)15/h1,6-7,9-12,15H,2-5H2,(H,22,23)/t9-,10-,11-,12-/m1/s1. The van der Waals surface area contributed by atoms with Gasteiger partial charge in [-0.05, 0) is 67.6 Å². The predicted molar refractivity (Wildman–Crippen MR) is 95.4 cm³/mol. The number of hydrogen-bond acceptors (Lipinski definition) is 1. The van der Waals surface area contributed by atoms with Crippen molar-refractivity contribution in [2.45, 2.75) is 30.0 Å². The second-order valence-electron chi connectivity index (χ2n) is 7.01. The van der Waals surface area contributed by atoms with Crippen molar-refractivity contribution in [2.24, 2.45) is 29.6 Å². The van der Waals surface area contributed by atoms with E-state index < -0.39 is 4.33 Å². The van der Waals surface area contributed by atoms with Crippen LogP contribution in [-0.2, 0) is 4.79 Å². The van der Waals surface area contributed by atoms with Crippen molar-refractivity contribution in [3.05, 3.63) is 28.2 Å². The van der Waals surface area contributed by atoms with Crippen molar-refractivity contribution in [3.8, 4) is 0 Å². The first-order valence-corrected chi connectivity index (χ1v) is 9.54. The van der Waals surface area contributed by atoms with Crippen LogP contribution in [0.3, 0.4) is 0 Å². The molecule has 3 saturated carbocycles. The summed E-state index contributed by atoms with van der Waals surface area (Å²) in [5, 5.41) is 3.91. The molecule has 1 aromatic rings. The van der Waals surface area contributed by atoms with E-state index in [2.05, 4.69) is 5.32 Å². The highest BCUT2D eigenvalue weighted by Crippen LogP contribution is 2.67. The molecule has 0 heterocycles. The number of hydrogen-bond donors (Lipinski definition) is 1. The van der Waals surface area contributed by atoms with Crippen LogP contribution in [0.25, 0.3) is 0 Å². The highest BCUT2D eigenvalue weighted by atomic mass is 35.5. The van der Waals surface area contributed by atoms with Crippen molar-refractivity contribution >= 4 is 58.0 Å². The number of anilines is 1. The molecule has 124 valence electrons. The smallest absolute Gasteiger partial charge is 0.228 e. The Hall–Kier alpha value is -0.150. The molecule has 3 aliphatic rings. The molecular formula is C17H17Cl4NO. The van der Waals surface area contributed by atoms with E-state index in [9.17, 15) is 4.79 Å². The quantitative estimate of drug-likeness (QED) is 0.634. The van der Waals surface area contributed by atoms with Crippen molar-refractivity contribution in [1.29, 1.82) is 0 Å². The van der Waals surface area contributed by atoms with E-state index in [4.69, 9.17) is 46.4 Å². The maximum Gasteiger partial charge on any atom is 0.228 e. The maximum absolute atomic E-state index is 12.5. The molecule has 3 aliphatic carbocycles. The Morgan fingerprint density at radius 1 is 1.00 bits per heavy atom. The van der Waals surface area contributed by atoms with E-state index in [1.165, 1.54) is 0 Å². The van der Waals surface area contributed by atoms with Crippen molar-refractivity contribution in [1.82, 2.24) is 0 Å². The molecule has 0 spiro atoms. The summed E-state index contributed by atoms with van der Waals surface area (Å²) in [6.45, 7) is 0. The lowest BCUT2D eigenvalue weighted by Crippen LogP contribution is -2.15. The number of fused-ring (bicyclic) bond motifs is 2. The molecule has 1 aromatic carbocycles. The van der Waals surface area contributed by atoms with E-state index in [0.29, 0.717) is 39.4 Å². The number of carbonyl (C=O) groups is 1. The zero-order valence-electron chi connectivity index (χ0n) is 12.4. The molecule has 1 amide bonds. The lowest BCUT2D eigenvalue weighted by atomic mass is 10.0. The number of alkyl halides is 2. The van der Waals surface area contributed by atoms with Crippen LogP contribution in [0.15, 0.2) is 18.2 Å². The molecule has 1 N–H and O–H groups in total. The molecule has 0 saturated heterocycles. The Bertz CT molecular complexity index is 640. The van der Waals surface area contributed by atoms with Gasteiger partial charge in [-0.15, -0.1) is 23.2 Å². The van der Waals surface area contributed by atoms with Crippen LogP contribution in [0, 0.1) is 29.6 Å². The summed E-state index contributed by atoms with van der Waals surface area (Å²) in [4.78, 5) is 12.5. The average Bonchev–Trinajstić information content (AvgIpc) is 3.27. The third kappa shape index (κ3) is 2.86. The minimum absolute atomic E-state index is 0.0944. The van der Waals surface area contributed by atoms with Gasteiger partial charge in [0, 0.05) is 11.6 Å². The minimum Gasteiger partial charge on any atom is -0.326 e. The number of halogens is 4. The highest BCUT2D eigenvalue weighted by molar-refractivity contribution is 6.51. The lowest BCUT2D eigenvalue weighted by Gasteiger charge is -2.06. The van der Waals surface area contributed by atoms with Crippen LogP contribution < -0.4 is 5.32 Å². The van der Waals surface area contributed by atoms with Crippen LogP contribution in [0.2, 0.25) is 10.0 Å². The SMILES string of the molecule is O=C(Nc1ccc(Cl)c(Cl)c1)C1[C@@H]2CC[C@@H]3[C@@H](CC[C@@H]12)C3(Cl)Cl. The Kier molecular flexibility index (Phi) is 4.04. The van der Waals surface area contributed by atoms with E-state index in [1.807, 2.05) is 0 Å². The normalized spacial score (nSPS) is 37.0. The topological polar surface area (TPSA) is 29.1 Å². The molecule has 4 rings (SSSR count). The molecule has 3 fully saturated rings. The summed E-state index contributed by atoms with van der Waals surface area (Å²) in [6.07, 6.45) is 4.17. The highest BCUT2D eigenvalue weighted by Gasteiger charge is 2.65. The van der Waals surface area contributed by atoms with E-state index in [0.717, 1.165) is 25.7 Å². The van der Waals surface area contributed by atoms with Crippen molar-refractivity contribution in [2.75, 3.05) is 5.32 Å². The van der Waals surface area contributed by atoms with Crippen molar-refractivity contribution in [3.63, 3.8) is 0 Å². The van der Waals surface area contributed by atoms with E-state index >= 15 is 0 Å². The second kappa shape index (κ2) is 5.69. The Labute approximate surface area is 155 Å². The first kappa shape index (κ1) is 16.3. The van der Waals surface area contributed by atoms with Gasteiger partial charge in [-0.3, -0.25) is 4.79 Å². The molecule has 0 aliphatic heterocycles. The molecule has 6 heteroatoms. The van der Waals surface area contributed by atoms with Gasteiger partial charge in [0.25, 0.3) is 0 Å². The monoisotopic (exact) mass is 391 g/mol. The van der Waals surface area contributed by atoms with Gasteiger partial charge in [-0.25, -0.2) is 0 Å². The largest absolute Gasteiger partial charge is 0.326 e. The van der Waals surface area contributed by atoms with Gasteiger partial charge in [0.2, 0.25) is 5.91 Å². The summed E-state index contributed by atoms with van der Waals surface area (Å²) in [6, 6.07) is 5.17. The van der Waals surface area contributed by atoms with E-state index in [-0.39, 0.29) is 11.8 Å². The van der Waals surface area contributed by atoms with E-state index in [1.54, 1.807) is 18.2 Å². The third-order valence-corrected chi connectivity index (χ3v) is 7.67. The van der Waals surface area contributed by atoms with Gasteiger partial charge in [-0.1, -0.05) is 23.2 Å². The minimum atomic E-state index is -0.505. The van der Waals surface area contributed by atoms with Crippen LogP contribution in [0.1, 0.15) is 25.7 Å². The van der Waals surface area contributed by atoms with Gasteiger partial charge in [0.05, 0.1) is 10.0 Å². The summed E-state index contributed by atoms with van der Waals surface area (Å²) >= 11 is 24.5. The van der Waals surface area contributed by atoms with Crippen LogP contribution in [0.5, 0.6) is 0 Å². The summed E-state index contributed by atoms with van der Waals surface area (Å²) in [7, 11) is 0. The molecule has 0 unspecified atom stereocenters. The van der Waals surface area contributed by atoms with Crippen LogP contribution >= 0.6 is 46.4 Å². The first-order valence-electron chi connectivity index (χ1n) is 8.03. The third-order valence-electron chi connectivity index (χ3n) is 5.81. The van der Waals surface area contributed by atoms with Crippen LogP contribution in [-0.4, -0.2) is 10.2 Å². The Morgan fingerprint density at radius 3 is 2.17 bits per heavy atom. The molecule has 0 radical (unpaired) electrons. The summed E-state index contributed by atoms with van der Waals surface area (Å²) < 4.78 is -0.505. The molecule has 2 nitrogen and oxygen atoms in total. The zero-order chi connectivity index (χ0) is 16.4. The molecule has 4 atom stereocenters. The fraction of sp³-hybridized carbons (Fsp3) is 0.588. The van der Waals surface area contributed by atoms with Gasteiger partial charge in [0.15, 0.2) is 0 Å². The van der Waals surface area contributed by atoms with Gasteiger partial charge >= 0.3 is 0 Å². The Morgan fingerprint density at radius 2 is 1.61 bits per heavy atom. The van der Waals surface area contributed by atoms with Gasteiger partial charge in [0.1, 0.15) is 4.33 Å². The maximum atomic E-state index is 12.5. The first-order chi connectivity index (χ1) is 10.9. The zero-order valence-corrected chi connectivity index (χ0v) is 15.4. The van der Waals surface area contributed by atoms with Crippen molar-refractivity contribution < 1.29 is 4.79 Å². The Balaban J connectivity index is 1.38. The summed E-state index contributed by atoms with van der Waals surface area (Å²) in [5.74, 6) is 2.00. The second-order valence-corrected chi connectivity index (χ2v) is 9.27. The number of carbonyl (C=O) groups excluding carboxylic acids is 1. The summed E-state index contributed by atoms with van der Waals surface area (Å²) in [5.41, 5.74) is 0.701. The molecular weight excluding hydrogens is 376 g/mol. The van der Waals surface area contributed by atoms with Gasteiger partial charge in [-0.2, -0.15) is 0 Å². The fourth-order valence-corrected chi connectivity index (χ4v) is 5.63. The number of amides is 1. The lowest BCUT2D eigenvalue weighted by molar-refractivity contribution is -0.117. The number of nitrogens with one attached hydrogen (secondary N) is 1. The molecule has 23 heavy (non-hydrogen) atoms. The fourth-order valence-electron chi connectivity index (χ4n) is 4.41. The number of rotatable bonds is 2. The van der Waals surface area contributed by atoms with Crippen LogP contribution in [0.4, 0.5) is 5.69 Å². The van der Waals surface area contributed by atoms with Gasteiger partial charge < -0.3 is 5.32 Å². The predicted octanol–water partition coefficient (Wildman–Crippen LogP) is 5.79. The molecule has 0 bridgehead atoms.